The van der Waals surface area contributed by atoms with Crippen molar-refractivity contribution < 1.29 is 4.52 Å². The van der Waals surface area contributed by atoms with Gasteiger partial charge >= 0.3 is 0 Å². The molecule has 0 spiro atoms. The lowest BCUT2D eigenvalue weighted by Crippen LogP contribution is -1.81. The van der Waals surface area contributed by atoms with Crippen LogP contribution in [0.15, 0.2) is 58.2 Å². The predicted molar refractivity (Wildman–Crippen MR) is 74.7 cm³/mol. The molecule has 94 valence electrons. The Labute approximate surface area is 114 Å². The minimum Gasteiger partial charge on any atom is -0.334 e. The Hall–Kier alpha value is -2.14. The molecule has 0 amide bonds. The van der Waals surface area contributed by atoms with Crippen LogP contribution >= 0.6 is 11.8 Å². The molecule has 0 N–H and O–H groups in total. The summed E-state index contributed by atoms with van der Waals surface area (Å²) >= 11 is 1.70. The number of thioether (sulfide) groups is 1. The van der Waals surface area contributed by atoms with Gasteiger partial charge in [-0.3, -0.25) is 4.98 Å². The molecular weight excluding hydrogens is 258 g/mol. The zero-order valence-electron chi connectivity index (χ0n) is 10.3. The third kappa shape index (κ3) is 2.51. The van der Waals surface area contributed by atoms with Gasteiger partial charge in [-0.15, -0.1) is 11.8 Å². The fourth-order valence-electron chi connectivity index (χ4n) is 1.69. The van der Waals surface area contributed by atoms with Crippen molar-refractivity contribution in [2.75, 3.05) is 6.26 Å². The molecule has 5 heteroatoms. The van der Waals surface area contributed by atoms with Crippen molar-refractivity contribution in [1.29, 1.82) is 0 Å². The zero-order valence-corrected chi connectivity index (χ0v) is 11.1. The number of nitrogens with zero attached hydrogens (tertiary/aromatic N) is 3. The van der Waals surface area contributed by atoms with Crippen LogP contribution in [-0.2, 0) is 0 Å². The van der Waals surface area contributed by atoms with Crippen LogP contribution in [0.3, 0.4) is 0 Å². The number of hydrogen-bond donors (Lipinski definition) is 0. The van der Waals surface area contributed by atoms with E-state index in [-0.39, 0.29) is 0 Å². The monoisotopic (exact) mass is 269 g/mol. The van der Waals surface area contributed by atoms with E-state index >= 15 is 0 Å². The van der Waals surface area contributed by atoms with Gasteiger partial charge in [0.25, 0.3) is 5.89 Å². The molecule has 0 aliphatic rings. The SMILES string of the molecule is CSc1ccc(-c2nc(-c3ccncc3)no2)cc1. The molecule has 0 saturated heterocycles. The average molecular weight is 269 g/mol. The first-order chi connectivity index (χ1) is 9.36. The number of aromatic nitrogens is 3. The quantitative estimate of drug-likeness (QED) is 0.681. The van der Waals surface area contributed by atoms with Crippen molar-refractivity contribution in [1.82, 2.24) is 15.1 Å². The number of hydrogen-bond acceptors (Lipinski definition) is 5. The summed E-state index contributed by atoms with van der Waals surface area (Å²) in [5.74, 6) is 1.10. The van der Waals surface area contributed by atoms with Crippen LogP contribution in [0.4, 0.5) is 0 Å². The molecule has 2 heterocycles. The molecule has 0 saturated carbocycles. The molecule has 0 radical (unpaired) electrons. The Morgan fingerprint density at radius 3 is 2.37 bits per heavy atom. The second-order valence-corrected chi connectivity index (χ2v) is 4.77. The van der Waals surface area contributed by atoms with Crippen LogP contribution in [0.2, 0.25) is 0 Å². The van der Waals surface area contributed by atoms with E-state index in [1.165, 1.54) is 4.90 Å². The maximum atomic E-state index is 5.29. The lowest BCUT2D eigenvalue weighted by atomic mass is 10.2. The molecule has 1 aromatic carbocycles. The largest absolute Gasteiger partial charge is 0.334 e. The first-order valence-electron chi connectivity index (χ1n) is 5.75. The van der Waals surface area contributed by atoms with E-state index in [1.807, 2.05) is 42.7 Å². The lowest BCUT2D eigenvalue weighted by Gasteiger charge is -1.96. The van der Waals surface area contributed by atoms with Gasteiger partial charge in [0.15, 0.2) is 0 Å². The lowest BCUT2D eigenvalue weighted by molar-refractivity contribution is 0.432. The molecule has 3 aromatic rings. The second-order valence-electron chi connectivity index (χ2n) is 3.89. The fraction of sp³-hybridized carbons (Fsp3) is 0.0714. The summed E-state index contributed by atoms with van der Waals surface area (Å²) in [5.41, 5.74) is 1.82. The van der Waals surface area contributed by atoms with Crippen LogP contribution in [0.1, 0.15) is 0 Å². The molecule has 2 aromatic heterocycles. The van der Waals surface area contributed by atoms with Gasteiger partial charge in [-0.05, 0) is 42.7 Å². The van der Waals surface area contributed by atoms with Crippen LogP contribution in [0, 0.1) is 0 Å². The van der Waals surface area contributed by atoms with Gasteiger partial charge in [-0.25, -0.2) is 0 Å². The van der Waals surface area contributed by atoms with E-state index in [1.54, 1.807) is 24.2 Å². The topological polar surface area (TPSA) is 51.8 Å². The molecule has 0 unspecified atom stereocenters. The molecule has 0 aliphatic carbocycles. The van der Waals surface area contributed by atoms with Gasteiger partial charge in [0, 0.05) is 28.4 Å². The van der Waals surface area contributed by atoms with Gasteiger partial charge < -0.3 is 4.52 Å². The maximum absolute atomic E-state index is 5.29. The summed E-state index contributed by atoms with van der Waals surface area (Å²) in [5, 5.41) is 3.99. The third-order valence-corrected chi connectivity index (χ3v) is 3.45. The Morgan fingerprint density at radius 2 is 1.68 bits per heavy atom. The van der Waals surface area contributed by atoms with E-state index < -0.39 is 0 Å². The highest BCUT2D eigenvalue weighted by Crippen LogP contribution is 2.24. The van der Waals surface area contributed by atoms with Crippen molar-refractivity contribution >= 4 is 11.8 Å². The van der Waals surface area contributed by atoms with Gasteiger partial charge in [0.2, 0.25) is 5.82 Å². The Balaban J connectivity index is 1.92. The highest BCUT2D eigenvalue weighted by atomic mass is 32.2. The van der Waals surface area contributed by atoms with Crippen LogP contribution in [0.5, 0.6) is 0 Å². The standard InChI is InChI=1S/C14H11N3OS/c1-19-12-4-2-11(3-5-12)14-16-13(17-18-14)10-6-8-15-9-7-10/h2-9H,1H3. The van der Waals surface area contributed by atoms with Crippen LogP contribution in [0.25, 0.3) is 22.8 Å². The summed E-state index contributed by atoms with van der Waals surface area (Å²) in [6, 6.07) is 11.7. The summed E-state index contributed by atoms with van der Waals surface area (Å²) < 4.78 is 5.29. The van der Waals surface area contributed by atoms with Gasteiger partial charge in [-0.2, -0.15) is 4.98 Å². The summed E-state index contributed by atoms with van der Waals surface area (Å²) in [7, 11) is 0. The Morgan fingerprint density at radius 1 is 0.947 bits per heavy atom. The normalized spacial score (nSPS) is 10.6. The van der Waals surface area contributed by atoms with Crippen LogP contribution in [-0.4, -0.2) is 21.4 Å². The molecule has 4 nitrogen and oxygen atoms in total. The molecule has 3 rings (SSSR count). The Bertz CT molecular complexity index is 665. The highest BCUT2D eigenvalue weighted by molar-refractivity contribution is 7.98. The third-order valence-electron chi connectivity index (χ3n) is 2.70. The minimum absolute atomic E-state index is 0.527. The molecule has 0 fully saturated rings. The maximum Gasteiger partial charge on any atom is 0.258 e. The van der Waals surface area contributed by atoms with Crippen LogP contribution < -0.4 is 0 Å². The van der Waals surface area contributed by atoms with E-state index in [4.69, 9.17) is 4.52 Å². The van der Waals surface area contributed by atoms with E-state index in [2.05, 4.69) is 15.1 Å². The van der Waals surface area contributed by atoms with Gasteiger partial charge in [0.05, 0.1) is 0 Å². The molecular formula is C14H11N3OS. The van der Waals surface area contributed by atoms with E-state index in [9.17, 15) is 0 Å². The van der Waals surface area contributed by atoms with Crippen molar-refractivity contribution in [2.45, 2.75) is 4.90 Å². The summed E-state index contributed by atoms with van der Waals surface area (Å²) in [6.07, 6.45) is 5.46. The number of benzene rings is 1. The molecule has 0 bridgehead atoms. The van der Waals surface area contributed by atoms with Crippen molar-refractivity contribution in [3.8, 4) is 22.8 Å². The van der Waals surface area contributed by atoms with E-state index in [0.717, 1.165) is 11.1 Å². The first-order valence-corrected chi connectivity index (χ1v) is 6.98. The van der Waals surface area contributed by atoms with Crippen molar-refractivity contribution in [3.63, 3.8) is 0 Å². The minimum atomic E-state index is 0.527. The highest BCUT2D eigenvalue weighted by Gasteiger charge is 2.10. The van der Waals surface area contributed by atoms with Gasteiger partial charge in [-0.1, -0.05) is 5.16 Å². The first kappa shape index (κ1) is 11.9. The zero-order chi connectivity index (χ0) is 13.1. The van der Waals surface area contributed by atoms with E-state index in [0.29, 0.717) is 11.7 Å². The predicted octanol–water partition coefficient (Wildman–Crippen LogP) is 3.52. The fourth-order valence-corrected chi connectivity index (χ4v) is 2.10. The molecule has 0 atom stereocenters. The molecule has 19 heavy (non-hydrogen) atoms. The second kappa shape index (κ2) is 5.24. The summed E-state index contributed by atoms with van der Waals surface area (Å²) in [4.78, 5) is 9.57. The number of rotatable bonds is 3. The summed E-state index contributed by atoms with van der Waals surface area (Å²) in [6.45, 7) is 0. The average Bonchev–Trinajstić information content (AvgIpc) is 2.98. The van der Waals surface area contributed by atoms with Crippen molar-refractivity contribution in [3.05, 3.63) is 48.8 Å². The smallest absolute Gasteiger partial charge is 0.258 e. The Kier molecular flexibility index (Phi) is 3.29. The molecule has 0 aliphatic heterocycles. The van der Waals surface area contributed by atoms with Crippen molar-refractivity contribution in [2.24, 2.45) is 0 Å². The van der Waals surface area contributed by atoms with Gasteiger partial charge in [0.1, 0.15) is 0 Å². The number of pyridine rings is 1.